The molecule has 0 aliphatic rings. The molecule has 0 unspecified atom stereocenters. The average Bonchev–Trinajstić information content (AvgIpc) is 2.41. The topological polar surface area (TPSA) is 87.7 Å². The summed E-state index contributed by atoms with van der Waals surface area (Å²) in [5, 5.41) is 14.0. The summed E-state index contributed by atoms with van der Waals surface area (Å²) in [5.74, 6) is -0.747. The molecule has 0 saturated heterocycles. The molecule has 6 heteroatoms. The van der Waals surface area contributed by atoms with Gasteiger partial charge in [0.15, 0.2) is 0 Å². The van der Waals surface area contributed by atoms with E-state index in [-0.39, 0.29) is 12.5 Å². The Hall–Kier alpha value is -1.30. The number of rotatable bonds is 13. The summed E-state index contributed by atoms with van der Waals surface area (Å²) in [6, 6.07) is -0.172. The molecular weight excluding hydrogens is 260 g/mol. The number of carbonyl (C=O) groups excluding carboxylic acids is 1. The van der Waals surface area contributed by atoms with Crippen molar-refractivity contribution in [2.24, 2.45) is 0 Å². The maximum Gasteiger partial charge on any atom is 0.314 e. The minimum absolute atomic E-state index is 0.172. The monoisotopic (exact) mass is 288 g/mol. The van der Waals surface area contributed by atoms with Crippen LogP contribution in [0, 0.1) is 0 Å². The third-order valence-electron chi connectivity index (χ3n) is 2.78. The third kappa shape index (κ3) is 14.8. The highest BCUT2D eigenvalue weighted by Crippen LogP contribution is 2.01. The van der Waals surface area contributed by atoms with E-state index in [0.717, 1.165) is 38.7 Å². The molecule has 118 valence electrons. The van der Waals surface area contributed by atoms with Crippen molar-refractivity contribution in [1.82, 2.24) is 10.6 Å². The Morgan fingerprint density at radius 1 is 0.950 bits per heavy atom. The molecule has 0 aromatic rings. The first-order valence-corrected chi connectivity index (χ1v) is 7.48. The van der Waals surface area contributed by atoms with Gasteiger partial charge in [0, 0.05) is 26.1 Å². The number of carboxylic acid groups (broad SMARTS) is 1. The van der Waals surface area contributed by atoms with Crippen LogP contribution in [0.4, 0.5) is 4.79 Å². The zero-order valence-electron chi connectivity index (χ0n) is 12.5. The lowest BCUT2D eigenvalue weighted by Gasteiger charge is -2.08. The number of carboxylic acids is 1. The molecule has 0 aromatic carbocycles. The summed E-state index contributed by atoms with van der Waals surface area (Å²) in [6.07, 6.45) is 5.80. The van der Waals surface area contributed by atoms with Crippen molar-refractivity contribution in [2.45, 2.75) is 51.9 Å². The van der Waals surface area contributed by atoms with Gasteiger partial charge in [-0.2, -0.15) is 0 Å². The number of amides is 2. The Labute approximate surface area is 121 Å². The largest absolute Gasteiger partial charge is 0.481 e. The van der Waals surface area contributed by atoms with E-state index in [1.807, 2.05) is 0 Å². The Kier molecular flexibility index (Phi) is 13.2. The fraction of sp³-hybridized carbons (Fsp3) is 0.857. The van der Waals surface area contributed by atoms with Crippen molar-refractivity contribution in [3.63, 3.8) is 0 Å². The van der Waals surface area contributed by atoms with E-state index in [2.05, 4.69) is 17.6 Å². The minimum atomic E-state index is -0.747. The quantitative estimate of drug-likeness (QED) is 0.453. The first-order valence-electron chi connectivity index (χ1n) is 7.48. The van der Waals surface area contributed by atoms with Crippen LogP contribution < -0.4 is 10.6 Å². The van der Waals surface area contributed by atoms with E-state index < -0.39 is 5.97 Å². The molecule has 0 aliphatic heterocycles. The van der Waals surface area contributed by atoms with Crippen LogP contribution in [0.1, 0.15) is 51.9 Å². The Morgan fingerprint density at radius 2 is 1.65 bits per heavy atom. The van der Waals surface area contributed by atoms with E-state index in [4.69, 9.17) is 9.84 Å². The normalized spacial score (nSPS) is 10.2. The average molecular weight is 288 g/mol. The summed E-state index contributed by atoms with van der Waals surface area (Å²) >= 11 is 0. The van der Waals surface area contributed by atoms with Gasteiger partial charge < -0.3 is 20.5 Å². The van der Waals surface area contributed by atoms with Gasteiger partial charge in [0.05, 0.1) is 6.61 Å². The molecule has 2 amide bonds. The van der Waals surface area contributed by atoms with Gasteiger partial charge in [0.2, 0.25) is 0 Å². The molecule has 0 radical (unpaired) electrons. The second kappa shape index (κ2) is 14.1. The van der Waals surface area contributed by atoms with Gasteiger partial charge in [-0.15, -0.1) is 0 Å². The van der Waals surface area contributed by atoms with E-state index in [9.17, 15) is 9.59 Å². The van der Waals surface area contributed by atoms with Crippen LogP contribution in [-0.4, -0.2) is 43.4 Å². The second-order valence-electron chi connectivity index (χ2n) is 4.71. The highest BCUT2D eigenvalue weighted by molar-refractivity contribution is 5.73. The highest BCUT2D eigenvalue weighted by atomic mass is 16.5. The van der Waals surface area contributed by atoms with Crippen molar-refractivity contribution < 1.29 is 19.4 Å². The van der Waals surface area contributed by atoms with Gasteiger partial charge >= 0.3 is 12.0 Å². The molecule has 0 heterocycles. The fourth-order valence-corrected chi connectivity index (χ4v) is 1.60. The summed E-state index contributed by atoms with van der Waals surface area (Å²) in [6.45, 7) is 4.54. The van der Waals surface area contributed by atoms with Gasteiger partial charge in [-0.25, -0.2) is 4.79 Å². The summed E-state index contributed by atoms with van der Waals surface area (Å²) in [5.41, 5.74) is 0. The van der Waals surface area contributed by atoms with Crippen LogP contribution in [-0.2, 0) is 9.53 Å². The van der Waals surface area contributed by atoms with Crippen molar-refractivity contribution >= 4 is 12.0 Å². The molecule has 0 bridgehead atoms. The first-order chi connectivity index (χ1) is 9.66. The molecule has 0 aliphatic carbocycles. The number of aliphatic carboxylic acids is 1. The predicted molar refractivity (Wildman–Crippen MR) is 77.8 cm³/mol. The van der Waals surface area contributed by atoms with Gasteiger partial charge in [0.25, 0.3) is 0 Å². The molecule has 3 N–H and O–H groups in total. The Balaban J connectivity index is 3.18. The standard InChI is InChI=1S/C14H28N2O4/c1-2-3-11-20-12-10-16-14(19)15-9-7-5-4-6-8-13(17)18/h2-12H2,1H3,(H,17,18)(H2,15,16,19). The second-order valence-corrected chi connectivity index (χ2v) is 4.71. The van der Waals surface area contributed by atoms with E-state index in [0.29, 0.717) is 26.1 Å². The van der Waals surface area contributed by atoms with E-state index >= 15 is 0 Å². The summed E-state index contributed by atoms with van der Waals surface area (Å²) in [4.78, 5) is 21.6. The van der Waals surface area contributed by atoms with Gasteiger partial charge in [0.1, 0.15) is 0 Å². The molecule has 0 saturated carbocycles. The highest BCUT2D eigenvalue weighted by Gasteiger charge is 1.99. The number of hydrogen-bond acceptors (Lipinski definition) is 3. The SMILES string of the molecule is CCCCOCCNC(=O)NCCCCCCC(=O)O. The van der Waals surface area contributed by atoms with Gasteiger partial charge in [-0.05, 0) is 19.3 Å². The molecule has 0 rings (SSSR count). The van der Waals surface area contributed by atoms with E-state index in [1.54, 1.807) is 0 Å². The zero-order valence-corrected chi connectivity index (χ0v) is 12.5. The molecule has 20 heavy (non-hydrogen) atoms. The molecular formula is C14H28N2O4. The first kappa shape index (κ1) is 18.7. The zero-order chi connectivity index (χ0) is 15.1. The smallest absolute Gasteiger partial charge is 0.314 e. The lowest BCUT2D eigenvalue weighted by molar-refractivity contribution is -0.137. The lowest BCUT2D eigenvalue weighted by atomic mass is 10.1. The summed E-state index contributed by atoms with van der Waals surface area (Å²) in [7, 11) is 0. The van der Waals surface area contributed by atoms with Crippen molar-refractivity contribution in [3.05, 3.63) is 0 Å². The van der Waals surface area contributed by atoms with Crippen LogP contribution >= 0.6 is 0 Å². The number of ether oxygens (including phenoxy) is 1. The number of carbonyl (C=O) groups is 2. The third-order valence-corrected chi connectivity index (χ3v) is 2.78. The van der Waals surface area contributed by atoms with E-state index in [1.165, 1.54) is 0 Å². The van der Waals surface area contributed by atoms with Crippen LogP contribution in [0.5, 0.6) is 0 Å². The number of unbranched alkanes of at least 4 members (excludes halogenated alkanes) is 4. The molecule has 0 spiro atoms. The molecule has 0 aromatic heterocycles. The Bertz CT molecular complexity index is 260. The van der Waals surface area contributed by atoms with Gasteiger partial charge in [-0.3, -0.25) is 4.79 Å². The van der Waals surface area contributed by atoms with Crippen LogP contribution in [0.15, 0.2) is 0 Å². The van der Waals surface area contributed by atoms with Crippen molar-refractivity contribution in [3.8, 4) is 0 Å². The molecule has 6 nitrogen and oxygen atoms in total. The summed E-state index contributed by atoms with van der Waals surface area (Å²) < 4.78 is 5.32. The number of nitrogens with one attached hydrogen (secondary N) is 2. The van der Waals surface area contributed by atoms with Crippen molar-refractivity contribution in [2.75, 3.05) is 26.3 Å². The lowest BCUT2D eigenvalue weighted by Crippen LogP contribution is -2.37. The Morgan fingerprint density at radius 3 is 2.35 bits per heavy atom. The van der Waals surface area contributed by atoms with Gasteiger partial charge in [-0.1, -0.05) is 26.2 Å². The maximum absolute atomic E-state index is 11.4. The number of hydrogen-bond donors (Lipinski definition) is 3. The maximum atomic E-state index is 11.4. The molecule has 0 fully saturated rings. The van der Waals surface area contributed by atoms with Crippen LogP contribution in [0.3, 0.4) is 0 Å². The number of urea groups is 1. The van der Waals surface area contributed by atoms with Crippen molar-refractivity contribution in [1.29, 1.82) is 0 Å². The van der Waals surface area contributed by atoms with Crippen LogP contribution in [0.25, 0.3) is 0 Å². The van der Waals surface area contributed by atoms with Crippen LogP contribution in [0.2, 0.25) is 0 Å². The predicted octanol–water partition coefficient (Wildman–Crippen LogP) is 2.14. The minimum Gasteiger partial charge on any atom is -0.481 e. The fourth-order valence-electron chi connectivity index (χ4n) is 1.60. The molecule has 0 atom stereocenters.